The predicted octanol–water partition coefficient (Wildman–Crippen LogP) is 2.78. The number of aryl methyl sites for hydroxylation is 1. The predicted molar refractivity (Wildman–Crippen MR) is 98.3 cm³/mol. The molecule has 5 nitrogen and oxygen atoms in total. The number of hydrogen-bond acceptors (Lipinski definition) is 3. The molecule has 134 valence electrons. The first-order valence-electron chi connectivity index (χ1n) is 8.75. The third-order valence-corrected chi connectivity index (χ3v) is 4.83. The lowest BCUT2D eigenvalue weighted by atomic mass is 9.97. The average Bonchev–Trinajstić information content (AvgIpc) is 2.66. The number of amides is 3. The highest BCUT2D eigenvalue weighted by Crippen LogP contribution is 2.25. The summed E-state index contributed by atoms with van der Waals surface area (Å²) >= 11 is 0. The number of likely N-dealkylation sites (tertiary alicyclic amines) is 1. The van der Waals surface area contributed by atoms with Gasteiger partial charge in [-0.3, -0.25) is 19.3 Å². The first kappa shape index (κ1) is 17.9. The Hall–Kier alpha value is -2.95. The number of carbonyl (C=O) groups is 3. The second-order valence-corrected chi connectivity index (χ2v) is 6.57. The number of β-lactam (4-membered cyclic amide) rings is 1. The van der Waals surface area contributed by atoms with Gasteiger partial charge in [-0.1, -0.05) is 48.5 Å². The van der Waals surface area contributed by atoms with Gasteiger partial charge in [0.25, 0.3) is 5.91 Å². The molecule has 1 atom stereocenters. The molecule has 1 aliphatic heterocycles. The molecule has 3 amide bonds. The van der Waals surface area contributed by atoms with Gasteiger partial charge in [-0.15, -0.1) is 0 Å². The molecule has 5 heteroatoms. The van der Waals surface area contributed by atoms with Gasteiger partial charge in [-0.25, -0.2) is 0 Å². The third-order valence-electron chi connectivity index (χ3n) is 4.83. The monoisotopic (exact) mass is 350 g/mol. The smallest absolute Gasteiger partial charge is 0.260 e. The maximum Gasteiger partial charge on any atom is 0.260 e. The zero-order valence-corrected chi connectivity index (χ0v) is 14.8. The van der Waals surface area contributed by atoms with Gasteiger partial charge >= 0.3 is 0 Å². The molecule has 2 aromatic carbocycles. The van der Waals surface area contributed by atoms with Crippen LogP contribution in [0.4, 0.5) is 0 Å². The Bertz CT molecular complexity index is 804. The molecule has 1 aliphatic rings. The van der Waals surface area contributed by atoms with Crippen molar-refractivity contribution in [3.05, 3.63) is 71.3 Å². The van der Waals surface area contributed by atoms with E-state index in [9.17, 15) is 14.4 Å². The molecule has 0 bridgehead atoms. The van der Waals surface area contributed by atoms with Crippen LogP contribution < -0.4 is 0 Å². The molecule has 1 saturated heterocycles. The second-order valence-electron chi connectivity index (χ2n) is 6.57. The molecular weight excluding hydrogens is 328 g/mol. The van der Waals surface area contributed by atoms with Crippen LogP contribution >= 0.6 is 0 Å². The van der Waals surface area contributed by atoms with Crippen LogP contribution in [0.2, 0.25) is 0 Å². The van der Waals surface area contributed by atoms with E-state index in [4.69, 9.17) is 0 Å². The van der Waals surface area contributed by atoms with Crippen molar-refractivity contribution >= 4 is 18.2 Å². The molecule has 1 fully saturated rings. The molecule has 0 aliphatic carbocycles. The summed E-state index contributed by atoms with van der Waals surface area (Å²) in [5, 5.41) is 0. The van der Waals surface area contributed by atoms with E-state index in [0.717, 1.165) is 11.1 Å². The number of hydrogen-bond donors (Lipinski definition) is 0. The van der Waals surface area contributed by atoms with Crippen LogP contribution in [0.1, 0.15) is 34.3 Å². The zero-order valence-electron chi connectivity index (χ0n) is 14.8. The summed E-state index contributed by atoms with van der Waals surface area (Å²) in [5.74, 6) is -0.180. The zero-order chi connectivity index (χ0) is 18.5. The van der Waals surface area contributed by atoms with Crippen LogP contribution in [0, 0.1) is 6.92 Å². The molecule has 0 radical (unpaired) electrons. The van der Waals surface area contributed by atoms with Crippen LogP contribution in [-0.2, 0) is 16.1 Å². The average molecular weight is 350 g/mol. The molecular formula is C21H22N2O3. The summed E-state index contributed by atoms with van der Waals surface area (Å²) in [4.78, 5) is 38.9. The Labute approximate surface area is 153 Å². The van der Waals surface area contributed by atoms with E-state index in [2.05, 4.69) is 0 Å². The molecule has 1 heterocycles. The standard InChI is InChI=1S/C21H22N2O3/c1-16-7-5-6-10-19(16)21(26)22(15-24)12-11-18-13-20(25)23(18)14-17-8-3-2-4-9-17/h2-10,15,18H,11-14H2,1H3/t18-/m1/s1. The van der Waals surface area contributed by atoms with E-state index >= 15 is 0 Å². The van der Waals surface area contributed by atoms with Gasteiger partial charge in [-0.05, 0) is 30.5 Å². The number of carbonyl (C=O) groups excluding carboxylic acids is 3. The summed E-state index contributed by atoms with van der Waals surface area (Å²) < 4.78 is 0. The molecule has 3 rings (SSSR count). The fourth-order valence-corrected chi connectivity index (χ4v) is 3.23. The van der Waals surface area contributed by atoms with E-state index in [-0.39, 0.29) is 17.9 Å². The first-order valence-corrected chi connectivity index (χ1v) is 8.75. The first-order chi connectivity index (χ1) is 12.6. The summed E-state index contributed by atoms with van der Waals surface area (Å²) in [7, 11) is 0. The summed E-state index contributed by atoms with van der Waals surface area (Å²) in [5.41, 5.74) is 2.45. The van der Waals surface area contributed by atoms with Crippen molar-refractivity contribution in [2.24, 2.45) is 0 Å². The van der Waals surface area contributed by atoms with Crippen molar-refractivity contribution in [3.8, 4) is 0 Å². The Morgan fingerprint density at radius 3 is 2.50 bits per heavy atom. The SMILES string of the molecule is Cc1ccccc1C(=O)N(C=O)CC[C@@H]1CC(=O)N1Cc1ccccc1. The summed E-state index contributed by atoms with van der Waals surface area (Å²) in [6, 6.07) is 17.1. The molecule has 26 heavy (non-hydrogen) atoms. The molecule has 0 N–H and O–H groups in total. The van der Waals surface area contributed by atoms with Crippen LogP contribution in [0.25, 0.3) is 0 Å². The quantitative estimate of drug-likeness (QED) is 0.570. The van der Waals surface area contributed by atoms with Gasteiger partial charge < -0.3 is 4.90 Å². The van der Waals surface area contributed by atoms with Gasteiger partial charge in [0.1, 0.15) is 0 Å². The van der Waals surface area contributed by atoms with Crippen LogP contribution in [0.15, 0.2) is 54.6 Å². The molecule has 2 aromatic rings. The number of imide groups is 1. The number of benzene rings is 2. The second kappa shape index (κ2) is 7.95. The van der Waals surface area contributed by atoms with E-state index in [1.54, 1.807) is 12.1 Å². The van der Waals surface area contributed by atoms with Crippen molar-refractivity contribution in [1.82, 2.24) is 9.80 Å². The van der Waals surface area contributed by atoms with Crippen molar-refractivity contribution < 1.29 is 14.4 Å². The number of nitrogens with zero attached hydrogens (tertiary/aromatic N) is 2. The summed E-state index contributed by atoms with van der Waals surface area (Å²) in [6.45, 7) is 2.72. The van der Waals surface area contributed by atoms with Crippen molar-refractivity contribution in [1.29, 1.82) is 0 Å². The fourth-order valence-electron chi connectivity index (χ4n) is 3.23. The topological polar surface area (TPSA) is 57.7 Å². The van der Waals surface area contributed by atoms with Crippen LogP contribution in [0.5, 0.6) is 0 Å². The highest BCUT2D eigenvalue weighted by Gasteiger charge is 2.36. The Balaban J connectivity index is 1.60. The maximum absolute atomic E-state index is 12.6. The molecule has 0 unspecified atom stereocenters. The minimum absolute atomic E-state index is 0.0647. The van der Waals surface area contributed by atoms with Crippen molar-refractivity contribution in [3.63, 3.8) is 0 Å². The van der Waals surface area contributed by atoms with E-state index in [1.807, 2.05) is 54.3 Å². The Morgan fingerprint density at radius 2 is 1.85 bits per heavy atom. The van der Waals surface area contributed by atoms with Gasteiger partial charge in [-0.2, -0.15) is 0 Å². The Morgan fingerprint density at radius 1 is 1.15 bits per heavy atom. The van der Waals surface area contributed by atoms with Gasteiger partial charge in [0.05, 0.1) is 0 Å². The van der Waals surface area contributed by atoms with E-state index in [1.165, 1.54) is 4.90 Å². The van der Waals surface area contributed by atoms with Gasteiger partial charge in [0, 0.05) is 31.1 Å². The highest BCUT2D eigenvalue weighted by atomic mass is 16.2. The lowest BCUT2D eigenvalue weighted by Gasteiger charge is -2.41. The van der Waals surface area contributed by atoms with Crippen LogP contribution in [0.3, 0.4) is 0 Å². The number of rotatable bonds is 7. The molecule has 0 spiro atoms. The largest absolute Gasteiger partial charge is 0.335 e. The molecule has 0 aromatic heterocycles. The summed E-state index contributed by atoms with van der Waals surface area (Å²) in [6.07, 6.45) is 1.64. The maximum atomic E-state index is 12.6. The lowest BCUT2D eigenvalue weighted by Crippen LogP contribution is -2.53. The lowest BCUT2D eigenvalue weighted by molar-refractivity contribution is -0.147. The fraction of sp³-hybridized carbons (Fsp3) is 0.286. The minimum atomic E-state index is -0.293. The van der Waals surface area contributed by atoms with Crippen LogP contribution in [-0.4, -0.2) is 40.6 Å². The van der Waals surface area contributed by atoms with Crippen molar-refractivity contribution in [2.45, 2.75) is 32.4 Å². The minimum Gasteiger partial charge on any atom is -0.335 e. The third kappa shape index (κ3) is 3.82. The van der Waals surface area contributed by atoms with E-state index < -0.39 is 0 Å². The van der Waals surface area contributed by atoms with Gasteiger partial charge in [0.15, 0.2) is 0 Å². The molecule has 0 saturated carbocycles. The van der Waals surface area contributed by atoms with Crippen molar-refractivity contribution in [2.75, 3.05) is 6.54 Å². The van der Waals surface area contributed by atoms with Gasteiger partial charge in [0.2, 0.25) is 12.3 Å². The Kier molecular flexibility index (Phi) is 5.46. The normalized spacial score (nSPS) is 16.1. The highest BCUT2D eigenvalue weighted by molar-refractivity contribution is 6.00. The van der Waals surface area contributed by atoms with E-state index in [0.29, 0.717) is 37.9 Å².